The zero-order valence-electron chi connectivity index (χ0n) is 13.9. The summed E-state index contributed by atoms with van der Waals surface area (Å²) in [7, 11) is -3.65. The van der Waals surface area contributed by atoms with Crippen LogP contribution in [0.15, 0.2) is 35.2 Å². The Kier molecular flexibility index (Phi) is 5.34. The molecule has 1 aliphatic carbocycles. The second kappa shape index (κ2) is 6.91. The third-order valence-corrected chi connectivity index (χ3v) is 5.99. The Morgan fingerprint density at radius 1 is 1.17 bits per heavy atom. The van der Waals surface area contributed by atoms with Crippen LogP contribution in [0.4, 0.5) is 4.79 Å². The molecule has 0 aliphatic heterocycles. The summed E-state index contributed by atoms with van der Waals surface area (Å²) in [6, 6.07) is 8.27. The molecule has 1 aliphatic rings. The summed E-state index contributed by atoms with van der Waals surface area (Å²) >= 11 is 0. The smallest absolute Gasteiger partial charge is 0.408 e. The number of alkyl carbamates (subject to hydrolysis) is 1. The zero-order chi connectivity index (χ0) is 17.1. The summed E-state index contributed by atoms with van der Waals surface area (Å²) in [5, 5.41) is 1.66. The largest absolute Gasteiger partial charge is 0.444 e. The molecule has 1 fully saturated rings. The van der Waals surface area contributed by atoms with Gasteiger partial charge in [0.05, 0.1) is 4.90 Å². The Labute approximate surface area is 138 Å². The lowest BCUT2D eigenvalue weighted by atomic mass is 10.1. The van der Waals surface area contributed by atoms with Crippen molar-refractivity contribution in [2.75, 3.05) is 0 Å². The van der Waals surface area contributed by atoms with Crippen molar-refractivity contribution >= 4 is 15.9 Å². The molecule has 1 unspecified atom stereocenters. The molecule has 0 aromatic heterocycles. The summed E-state index contributed by atoms with van der Waals surface area (Å²) in [6.45, 7) is 5.26. The van der Waals surface area contributed by atoms with Gasteiger partial charge in [-0.1, -0.05) is 31.0 Å². The normalized spacial score (nSPS) is 17.7. The molecule has 23 heavy (non-hydrogen) atoms. The zero-order valence-corrected chi connectivity index (χ0v) is 14.7. The van der Waals surface area contributed by atoms with Gasteiger partial charge in [-0.3, -0.25) is 0 Å². The minimum absolute atomic E-state index is 0.0762. The third kappa shape index (κ3) is 4.70. The average molecular weight is 339 g/mol. The van der Waals surface area contributed by atoms with Gasteiger partial charge >= 0.3 is 6.09 Å². The lowest BCUT2D eigenvalue weighted by Gasteiger charge is -2.27. The molecular formula is C17H25NO4S. The van der Waals surface area contributed by atoms with Gasteiger partial charge in [0.2, 0.25) is 0 Å². The molecule has 0 spiro atoms. The van der Waals surface area contributed by atoms with Gasteiger partial charge < -0.3 is 10.1 Å². The predicted molar refractivity (Wildman–Crippen MR) is 88.7 cm³/mol. The quantitative estimate of drug-likeness (QED) is 0.911. The van der Waals surface area contributed by atoms with Gasteiger partial charge in [0, 0.05) is 0 Å². The number of nitrogens with one attached hydrogen (secondary N) is 1. The summed E-state index contributed by atoms with van der Waals surface area (Å²) in [5.41, 5.74) is -0.666. The first-order valence-electron chi connectivity index (χ1n) is 7.98. The fourth-order valence-corrected chi connectivity index (χ4v) is 4.75. The monoisotopic (exact) mass is 339 g/mol. The Morgan fingerprint density at radius 3 is 2.26 bits per heavy atom. The Bertz CT molecular complexity index is 628. The molecule has 1 amide bonds. The Morgan fingerprint density at radius 2 is 1.74 bits per heavy atom. The molecule has 0 saturated heterocycles. The van der Waals surface area contributed by atoms with Crippen LogP contribution in [0.25, 0.3) is 0 Å². The van der Waals surface area contributed by atoms with Crippen LogP contribution in [-0.4, -0.2) is 25.5 Å². The molecule has 1 aromatic carbocycles. The van der Waals surface area contributed by atoms with Crippen LogP contribution in [-0.2, 0) is 14.6 Å². The van der Waals surface area contributed by atoms with Crippen LogP contribution in [0.5, 0.6) is 0 Å². The van der Waals surface area contributed by atoms with Crippen LogP contribution in [0.3, 0.4) is 0 Å². The van der Waals surface area contributed by atoms with Gasteiger partial charge in [0.15, 0.2) is 9.84 Å². The lowest BCUT2D eigenvalue weighted by Crippen LogP contribution is -2.47. The SMILES string of the molecule is CC(C)(C)OC(=O)NC(C1CCCC1)S(=O)(=O)c1ccccc1. The first-order chi connectivity index (χ1) is 10.7. The highest BCUT2D eigenvalue weighted by Crippen LogP contribution is 2.32. The number of rotatable bonds is 4. The van der Waals surface area contributed by atoms with Crippen molar-refractivity contribution in [2.45, 2.75) is 62.3 Å². The van der Waals surface area contributed by atoms with Crippen LogP contribution < -0.4 is 5.32 Å². The van der Waals surface area contributed by atoms with E-state index in [0.717, 1.165) is 25.7 Å². The second-order valence-corrected chi connectivity index (χ2v) is 9.04. The van der Waals surface area contributed by atoms with Gasteiger partial charge in [0.25, 0.3) is 0 Å². The molecule has 1 N–H and O–H groups in total. The van der Waals surface area contributed by atoms with E-state index in [1.807, 2.05) is 0 Å². The summed E-state index contributed by atoms with van der Waals surface area (Å²) in [5.74, 6) is -0.0762. The number of carbonyl (C=O) groups is 1. The number of amides is 1. The van der Waals surface area contributed by atoms with E-state index in [-0.39, 0.29) is 10.8 Å². The van der Waals surface area contributed by atoms with E-state index >= 15 is 0 Å². The Hall–Kier alpha value is -1.56. The first-order valence-corrected chi connectivity index (χ1v) is 9.53. The van der Waals surface area contributed by atoms with Crippen LogP contribution >= 0.6 is 0 Å². The lowest BCUT2D eigenvalue weighted by molar-refractivity contribution is 0.0508. The van der Waals surface area contributed by atoms with E-state index in [2.05, 4.69) is 5.32 Å². The number of benzene rings is 1. The number of hydrogen-bond donors (Lipinski definition) is 1. The van der Waals surface area contributed by atoms with Crippen molar-refractivity contribution in [3.8, 4) is 0 Å². The van der Waals surface area contributed by atoms with E-state index in [1.165, 1.54) is 0 Å². The molecule has 0 bridgehead atoms. The molecule has 2 rings (SSSR count). The van der Waals surface area contributed by atoms with Crippen molar-refractivity contribution in [1.82, 2.24) is 5.32 Å². The van der Waals surface area contributed by atoms with Gasteiger partial charge in [-0.2, -0.15) is 0 Å². The van der Waals surface area contributed by atoms with Crippen molar-refractivity contribution in [2.24, 2.45) is 5.92 Å². The Balaban J connectivity index is 2.26. The summed E-state index contributed by atoms with van der Waals surface area (Å²) in [6.07, 6.45) is 2.89. The van der Waals surface area contributed by atoms with Crippen LogP contribution in [0.2, 0.25) is 0 Å². The molecule has 0 heterocycles. The fourth-order valence-electron chi connectivity index (χ4n) is 2.89. The van der Waals surface area contributed by atoms with Gasteiger partial charge in [-0.15, -0.1) is 0 Å². The molecule has 0 radical (unpaired) electrons. The molecule has 6 heteroatoms. The number of sulfone groups is 1. The van der Waals surface area contributed by atoms with Crippen molar-refractivity contribution in [1.29, 1.82) is 0 Å². The highest BCUT2D eigenvalue weighted by molar-refractivity contribution is 7.92. The van der Waals surface area contributed by atoms with Gasteiger partial charge in [0.1, 0.15) is 11.0 Å². The number of ether oxygens (including phenoxy) is 1. The standard InChI is InChI=1S/C17H25NO4S/c1-17(2,3)22-16(19)18-15(13-9-7-8-10-13)23(20,21)14-11-5-4-6-12-14/h4-6,11-13,15H,7-10H2,1-3H3,(H,18,19). The van der Waals surface area contributed by atoms with E-state index in [0.29, 0.717) is 0 Å². The van der Waals surface area contributed by atoms with Crippen molar-refractivity contribution in [3.63, 3.8) is 0 Å². The van der Waals surface area contributed by atoms with Gasteiger partial charge in [-0.25, -0.2) is 13.2 Å². The van der Waals surface area contributed by atoms with Crippen molar-refractivity contribution in [3.05, 3.63) is 30.3 Å². The molecular weight excluding hydrogens is 314 g/mol. The highest BCUT2D eigenvalue weighted by atomic mass is 32.2. The number of hydrogen-bond acceptors (Lipinski definition) is 4. The molecule has 1 atom stereocenters. The maximum Gasteiger partial charge on any atom is 0.408 e. The molecule has 1 saturated carbocycles. The predicted octanol–water partition coefficient (Wildman–Crippen LogP) is 3.50. The molecule has 128 valence electrons. The van der Waals surface area contributed by atoms with E-state index in [4.69, 9.17) is 4.74 Å². The van der Waals surface area contributed by atoms with E-state index in [1.54, 1.807) is 51.1 Å². The number of carbonyl (C=O) groups excluding carboxylic acids is 1. The topological polar surface area (TPSA) is 72.5 Å². The first kappa shape index (κ1) is 17.8. The van der Waals surface area contributed by atoms with Crippen LogP contribution in [0.1, 0.15) is 46.5 Å². The fraction of sp³-hybridized carbons (Fsp3) is 0.588. The minimum atomic E-state index is -3.65. The maximum absolute atomic E-state index is 13.0. The molecule has 1 aromatic rings. The summed E-state index contributed by atoms with van der Waals surface area (Å²) < 4.78 is 31.1. The van der Waals surface area contributed by atoms with Crippen molar-refractivity contribution < 1.29 is 17.9 Å². The third-order valence-electron chi connectivity index (χ3n) is 3.89. The van der Waals surface area contributed by atoms with E-state index in [9.17, 15) is 13.2 Å². The molecule has 5 nitrogen and oxygen atoms in total. The van der Waals surface area contributed by atoms with E-state index < -0.39 is 26.9 Å². The average Bonchev–Trinajstić information content (AvgIpc) is 2.97. The maximum atomic E-state index is 13.0. The highest BCUT2D eigenvalue weighted by Gasteiger charge is 2.38. The van der Waals surface area contributed by atoms with Gasteiger partial charge in [-0.05, 0) is 51.7 Å². The minimum Gasteiger partial charge on any atom is -0.444 e. The second-order valence-electron chi connectivity index (χ2n) is 6.97. The van der Waals surface area contributed by atoms with Crippen LogP contribution in [0, 0.1) is 5.92 Å². The summed E-state index contributed by atoms with van der Waals surface area (Å²) in [4.78, 5) is 12.3.